The number of aromatic amines is 1. The van der Waals surface area contributed by atoms with Crippen molar-refractivity contribution in [1.29, 1.82) is 0 Å². The summed E-state index contributed by atoms with van der Waals surface area (Å²) in [6.07, 6.45) is 8.75. The van der Waals surface area contributed by atoms with E-state index < -0.39 is 41.2 Å². The maximum atomic E-state index is 15.5. The Bertz CT molecular complexity index is 3000. The molecule has 3 aromatic carbocycles. The van der Waals surface area contributed by atoms with Crippen molar-refractivity contribution in [3.05, 3.63) is 111 Å². The molecule has 4 aliphatic heterocycles. The number of amides is 6. The summed E-state index contributed by atoms with van der Waals surface area (Å²) >= 11 is 0. The number of halogens is 2. The van der Waals surface area contributed by atoms with Gasteiger partial charge in [-0.05, 0) is 120 Å². The molecule has 2 saturated carbocycles. The van der Waals surface area contributed by atoms with E-state index in [1.807, 2.05) is 17.0 Å². The molecule has 0 unspecified atom stereocenters. The van der Waals surface area contributed by atoms with E-state index in [-0.39, 0.29) is 97.1 Å². The maximum absolute atomic E-state index is 15.5. The lowest BCUT2D eigenvalue weighted by Crippen LogP contribution is -2.55. The maximum Gasteiger partial charge on any atom is 0.411 e. The SMILES string of the molecule is CC(C)(C)OC(=O)N(CC(=O)N1CC(c2ccc(F)c(C(=O)N[C@@H](C(=O)N3CCC(OC4CCN(CC(=O)N5CCN(C(=O)c6cc(Cc7n[nH]c(=O)c8ccccc78)ccc6F)CC5)CC4)CC3)C3CCCCC3)c2)C1)C1CC1. The van der Waals surface area contributed by atoms with Gasteiger partial charge in [-0.2, -0.15) is 5.10 Å². The van der Waals surface area contributed by atoms with Crippen molar-refractivity contribution in [3.63, 3.8) is 0 Å². The summed E-state index contributed by atoms with van der Waals surface area (Å²) in [6.45, 7) is 9.86. The molecule has 5 heterocycles. The van der Waals surface area contributed by atoms with Gasteiger partial charge in [0.25, 0.3) is 17.4 Å². The molecule has 6 aliphatic rings. The van der Waals surface area contributed by atoms with Crippen molar-refractivity contribution < 1.29 is 47.0 Å². The number of fused-ring (bicyclic) bond motifs is 1. The summed E-state index contributed by atoms with van der Waals surface area (Å²) in [4.78, 5) is 104. The van der Waals surface area contributed by atoms with Crippen molar-refractivity contribution in [1.82, 2.24) is 44.9 Å². The Morgan fingerprint density at radius 3 is 2.02 bits per heavy atom. The van der Waals surface area contributed by atoms with Crippen LogP contribution in [0.1, 0.15) is 135 Å². The second-order valence-electron chi connectivity index (χ2n) is 23.8. The van der Waals surface area contributed by atoms with E-state index in [1.54, 1.807) is 65.8 Å². The minimum absolute atomic E-state index is 0.00869. The van der Waals surface area contributed by atoms with Crippen LogP contribution in [0.25, 0.3) is 10.8 Å². The Morgan fingerprint density at radius 2 is 1.35 bits per heavy atom. The molecule has 0 radical (unpaired) electrons. The van der Waals surface area contributed by atoms with Crippen molar-refractivity contribution >= 4 is 46.4 Å². The van der Waals surface area contributed by atoms with Crippen molar-refractivity contribution in [2.45, 2.75) is 134 Å². The Hall–Kier alpha value is -6.80. The van der Waals surface area contributed by atoms with Crippen LogP contribution in [0.4, 0.5) is 13.6 Å². The molecule has 6 amide bonds. The number of ether oxygens (including phenoxy) is 2. The van der Waals surface area contributed by atoms with Gasteiger partial charge in [-0.1, -0.05) is 49.6 Å². The molecule has 18 nitrogen and oxygen atoms in total. The number of likely N-dealkylation sites (tertiary alicyclic amines) is 3. The Kier molecular flexibility index (Phi) is 17.3. The van der Waals surface area contributed by atoms with Crippen LogP contribution < -0.4 is 10.9 Å². The van der Waals surface area contributed by atoms with Crippen LogP contribution in [-0.2, 0) is 30.3 Å². The summed E-state index contributed by atoms with van der Waals surface area (Å²) in [6, 6.07) is 15.2. The predicted octanol–water partition coefficient (Wildman–Crippen LogP) is 6.25. The van der Waals surface area contributed by atoms with Gasteiger partial charge in [-0.3, -0.25) is 38.6 Å². The molecule has 2 N–H and O–H groups in total. The molecule has 0 bridgehead atoms. The number of nitrogens with one attached hydrogen (secondary N) is 2. The highest BCUT2D eigenvalue weighted by atomic mass is 19.1. The van der Waals surface area contributed by atoms with E-state index >= 15 is 8.78 Å². The highest BCUT2D eigenvalue weighted by Gasteiger charge is 2.41. The summed E-state index contributed by atoms with van der Waals surface area (Å²) in [5.74, 6) is -2.94. The smallest absolute Gasteiger partial charge is 0.411 e. The van der Waals surface area contributed by atoms with Gasteiger partial charge in [-0.25, -0.2) is 18.7 Å². The lowest BCUT2D eigenvalue weighted by molar-refractivity contribution is -0.140. The first-order chi connectivity index (χ1) is 38.4. The third-order valence-corrected chi connectivity index (χ3v) is 16.9. The molecule has 1 atom stereocenters. The highest BCUT2D eigenvalue weighted by Crippen LogP contribution is 2.33. The number of piperidine rings is 2. The van der Waals surface area contributed by atoms with Crippen LogP contribution in [0.15, 0.2) is 65.5 Å². The van der Waals surface area contributed by atoms with Crippen molar-refractivity contribution in [2.24, 2.45) is 5.92 Å². The summed E-state index contributed by atoms with van der Waals surface area (Å²) in [7, 11) is 0. The Labute approximate surface area is 465 Å². The van der Waals surface area contributed by atoms with Crippen LogP contribution in [-0.4, -0.2) is 184 Å². The number of H-pyrrole nitrogens is 1. The van der Waals surface area contributed by atoms with Gasteiger partial charge in [0.05, 0.1) is 41.0 Å². The molecule has 10 rings (SSSR count). The van der Waals surface area contributed by atoms with E-state index in [1.165, 1.54) is 23.1 Å². The van der Waals surface area contributed by atoms with Gasteiger partial charge in [-0.15, -0.1) is 0 Å². The molecule has 1 aromatic heterocycles. The first kappa shape index (κ1) is 56.5. The fourth-order valence-electron chi connectivity index (χ4n) is 12.1. The third kappa shape index (κ3) is 13.5. The zero-order valence-electron chi connectivity index (χ0n) is 46.3. The van der Waals surface area contributed by atoms with Gasteiger partial charge >= 0.3 is 6.09 Å². The van der Waals surface area contributed by atoms with E-state index in [4.69, 9.17) is 9.47 Å². The molecule has 4 aromatic rings. The minimum Gasteiger partial charge on any atom is -0.444 e. The Morgan fingerprint density at radius 1 is 0.713 bits per heavy atom. The number of hydrogen-bond donors (Lipinski definition) is 2. The van der Waals surface area contributed by atoms with E-state index in [0.29, 0.717) is 87.2 Å². The fourth-order valence-corrected chi connectivity index (χ4v) is 12.1. The number of nitrogens with zero attached hydrogens (tertiary/aromatic N) is 7. The zero-order valence-corrected chi connectivity index (χ0v) is 46.3. The van der Waals surface area contributed by atoms with Crippen molar-refractivity contribution in [3.8, 4) is 0 Å². The number of carbonyl (C=O) groups is 6. The average Bonchev–Trinajstić information content (AvgIpc) is 4.30. The number of hydrogen-bond acceptors (Lipinski definition) is 11. The van der Waals surface area contributed by atoms with Crippen LogP contribution in [0, 0.1) is 17.6 Å². The molecule has 2 aliphatic carbocycles. The second-order valence-corrected chi connectivity index (χ2v) is 23.8. The second kappa shape index (κ2) is 24.5. The zero-order chi connectivity index (χ0) is 56.2. The standard InChI is InChI=1S/C60H75F2N9O9/c1-60(2,3)80-59(78)71(42-15-16-42)37-53(73)70-34-41(35-70)40-14-18-49(61)47(33-40)55(74)63-54(39-9-5-4-6-10-39)58(77)68-25-21-44(22-26-68)79-43-19-23-66(24-20-43)36-52(72)67-27-29-69(30-28-67)57(76)48-31-38(13-17-50(48)62)32-51-45-11-7-8-12-46(45)56(75)65-64-51/h7-8,11-14,17-18,31,33,39,41-44,54H,4-6,9-10,15-16,19-30,32,34-37H2,1-3H3,(H,63,74)(H,65,75)/t54-/m1/s1. The summed E-state index contributed by atoms with van der Waals surface area (Å²) < 4.78 is 42.8. The van der Waals surface area contributed by atoms with Crippen LogP contribution in [0.5, 0.6) is 0 Å². The van der Waals surface area contributed by atoms with Crippen LogP contribution >= 0.6 is 0 Å². The lowest BCUT2D eigenvalue weighted by atomic mass is 9.83. The van der Waals surface area contributed by atoms with E-state index in [2.05, 4.69) is 20.4 Å². The van der Waals surface area contributed by atoms with E-state index in [9.17, 15) is 33.6 Å². The fraction of sp³-hybridized carbons (Fsp3) is 0.567. The molecule has 4 saturated heterocycles. The number of benzene rings is 3. The topological polar surface area (TPSA) is 198 Å². The molecule has 0 spiro atoms. The van der Waals surface area contributed by atoms with Crippen LogP contribution in [0.3, 0.4) is 0 Å². The molecule has 6 fully saturated rings. The number of aromatic nitrogens is 2. The average molecular weight is 1100 g/mol. The van der Waals surface area contributed by atoms with Gasteiger partial charge in [0.15, 0.2) is 0 Å². The van der Waals surface area contributed by atoms with Gasteiger partial charge in [0.2, 0.25) is 17.7 Å². The van der Waals surface area contributed by atoms with E-state index in [0.717, 1.165) is 63.4 Å². The van der Waals surface area contributed by atoms with Gasteiger partial charge < -0.3 is 34.4 Å². The van der Waals surface area contributed by atoms with Gasteiger partial charge in [0.1, 0.15) is 29.8 Å². The monoisotopic (exact) mass is 1100 g/mol. The molecule has 20 heteroatoms. The Balaban J connectivity index is 0.654. The molecule has 80 heavy (non-hydrogen) atoms. The van der Waals surface area contributed by atoms with Crippen molar-refractivity contribution in [2.75, 3.05) is 78.5 Å². The molecular formula is C60H75F2N9O9. The first-order valence-corrected chi connectivity index (χ1v) is 28.8. The number of carbonyl (C=O) groups excluding carboxylic acids is 6. The number of piperazine rings is 1. The minimum atomic E-state index is -0.799. The highest BCUT2D eigenvalue weighted by molar-refractivity contribution is 5.98. The summed E-state index contributed by atoms with van der Waals surface area (Å²) in [5.41, 5.74) is 0.850. The normalized spacial score (nSPS) is 19.6. The number of rotatable bonds is 15. The third-order valence-electron chi connectivity index (χ3n) is 16.9. The largest absolute Gasteiger partial charge is 0.444 e. The molecule has 428 valence electrons. The quantitative estimate of drug-likeness (QED) is 0.136. The molecular weight excluding hydrogens is 1030 g/mol. The predicted molar refractivity (Wildman–Crippen MR) is 294 cm³/mol. The van der Waals surface area contributed by atoms with Gasteiger partial charge in [0, 0.05) is 89.2 Å². The summed E-state index contributed by atoms with van der Waals surface area (Å²) in [5, 5.41) is 10.9. The van der Waals surface area contributed by atoms with Crippen LogP contribution in [0.2, 0.25) is 0 Å². The first-order valence-electron chi connectivity index (χ1n) is 28.8. The lowest BCUT2D eigenvalue weighted by Gasteiger charge is -2.41.